The summed E-state index contributed by atoms with van der Waals surface area (Å²) in [6, 6.07) is 0. The normalized spacial score (nSPS) is 13.3. The zero-order valence-corrected chi connectivity index (χ0v) is 12.2. The summed E-state index contributed by atoms with van der Waals surface area (Å²) in [5, 5.41) is 2.50. The fourth-order valence-electron chi connectivity index (χ4n) is 0.736. The number of nitrogens with zero attached hydrogens (tertiary/aromatic N) is 1. The van der Waals surface area contributed by atoms with Crippen LogP contribution in [0.4, 0.5) is 4.79 Å². The number of aliphatic imine (C=N–C) groups is 1. The molecule has 1 amide bonds. The van der Waals surface area contributed by atoms with Gasteiger partial charge in [0.15, 0.2) is 0 Å². The first-order valence-corrected chi connectivity index (χ1v) is 5.83. The van der Waals surface area contributed by atoms with Crippen LogP contribution in [0.15, 0.2) is 26.5 Å². The maximum absolute atomic E-state index is 11.4. The average Bonchev–Trinajstić information content (AvgIpc) is 2.08. The van der Waals surface area contributed by atoms with E-state index >= 15 is 0 Å². The number of allylic oxidation sites excluding steroid dienone is 3. The maximum Gasteiger partial charge on any atom is 0.413 e. The van der Waals surface area contributed by atoms with E-state index in [-0.39, 0.29) is 0 Å². The van der Waals surface area contributed by atoms with E-state index in [1.165, 1.54) is 0 Å². The Morgan fingerprint density at radius 1 is 1.44 bits per heavy atom. The minimum Gasteiger partial charge on any atom is -0.444 e. The van der Waals surface area contributed by atoms with Gasteiger partial charge in [0.2, 0.25) is 0 Å². The molecule has 90 valence electrons. The first-order chi connectivity index (χ1) is 7.24. The van der Waals surface area contributed by atoms with Crippen molar-refractivity contribution in [3.05, 3.63) is 21.6 Å². The summed E-state index contributed by atoms with van der Waals surface area (Å²) in [7, 11) is 0. The van der Waals surface area contributed by atoms with Gasteiger partial charge in [-0.2, -0.15) is 0 Å². The van der Waals surface area contributed by atoms with Gasteiger partial charge in [-0.1, -0.05) is 0 Å². The van der Waals surface area contributed by atoms with Gasteiger partial charge in [0.25, 0.3) is 0 Å². The lowest BCUT2D eigenvalue weighted by Gasteiger charge is -2.19. The van der Waals surface area contributed by atoms with Crippen LogP contribution in [0.2, 0.25) is 0 Å². The number of halogens is 1. The molecule has 1 N–H and O–H groups in total. The number of carbonyl (C=O) groups is 1. The van der Waals surface area contributed by atoms with Gasteiger partial charge in [-0.05, 0) is 72.7 Å². The Balaban J connectivity index is 4.46. The fraction of sp³-hybridized carbons (Fsp3) is 0.455. The summed E-state index contributed by atoms with van der Waals surface area (Å²) >= 11 is 2.16. The minimum atomic E-state index is -0.536. The number of nitrogens with one attached hydrogen (secondary N) is 1. The van der Waals surface area contributed by atoms with Crippen LogP contribution >= 0.6 is 22.6 Å². The third kappa shape index (κ3) is 8.46. The molecule has 0 aromatic carbocycles. The van der Waals surface area contributed by atoms with E-state index < -0.39 is 11.7 Å². The number of ether oxygens (including phenoxy) is 1. The monoisotopic (exact) mass is 336 g/mol. The van der Waals surface area contributed by atoms with Crippen molar-refractivity contribution in [2.75, 3.05) is 0 Å². The van der Waals surface area contributed by atoms with Crippen LogP contribution in [-0.4, -0.2) is 18.4 Å². The zero-order chi connectivity index (χ0) is 12.8. The van der Waals surface area contributed by atoms with E-state index in [9.17, 15) is 4.79 Å². The Bertz CT molecular complexity index is 323. The van der Waals surface area contributed by atoms with Crippen molar-refractivity contribution in [1.29, 1.82) is 0 Å². The Morgan fingerprint density at radius 2 is 2.00 bits per heavy atom. The van der Waals surface area contributed by atoms with Gasteiger partial charge in [-0.3, -0.25) is 5.32 Å². The third-order valence-corrected chi connectivity index (χ3v) is 1.63. The summed E-state index contributed by atoms with van der Waals surface area (Å²) in [6.07, 6.45) is 2.95. The molecular weight excluding hydrogens is 319 g/mol. The molecule has 0 rings (SSSR count). The number of carbonyl (C=O) groups excluding carboxylic acids is 1. The molecule has 0 saturated heterocycles. The van der Waals surface area contributed by atoms with Crippen LogP contribution < -0.4 is 5.32 Å². The van der Waals surface area contributed by atoms with Crippen LogP contribution in [0.3, 0.4) is 0 Å². The smallest absolute Gasteiger partial charge is 0.413 e. The number of rotatable bonds is 3. The highest BCUT2D eigenvalue weighted by Crippen LogP contribution is 2.08. The average molecular weight is 336 g/mol. The van der Waals surface area contributed by atoms with Gasteiger partial charge in [-0.15, -0.1) is 0 Å². The maximum atomic E-state index is 11.4. The summed E-state index contributed by atoms with van der Waals surface area (Å²) in [5.74, 6) is 0.366. The third-order valence-electron chi connectivity index (χ3n) is 1.27. The van der Waals surface area contributed by atoms with Crippen molar-refractivity contribution in [3.63, 3.8) is 0 Å². The van der Waals surface area contributed by atoms with Crippen LogP contribution in [-0.2, 0) is 4.74 Å². The number of alkyl carbamates (subject to hydrolysis) is 1. The first-order valence-electron chi connectivity index (χ1n) is 4.75. The Kier molecular flexibility index (Phi) is 6.32. The molecule has 0 radical (unpaired) electrons. The quantitative estimate of drug-likeness (QED) is 0.488. The molecule has 0 fully saturated rings. The van der Waals surface area contributed by atoms with Crippen molar-refractivity contribution in [1.82, 2.24) is 5.32 Å². The summed E-state index contributed by atoms with van der Waals surface area (Å²) < 4.78 is 6.15. The lowest BCUT2D eigenvalue weighted by Crippen LogP contribution is -2.31. The fourth-order valence-corrected chi connectivity index (χ4v) is 0.916. The van der Waals surface area contributed by atoms with E-state index in [0.29, 0.717) is 5.82 Å². The molecule has 0 aliphatic heterocycles. The van der Waals surface area contributed by atoms with Crippen LogP contribution in [0.5, 0.6) is 0 Å². The van der Waals surface area contributed by atoms with Gasteiger partial charge in [0, 0.05) is 0 Å². The SMILES string of the molecule is C=N/C(=C\C=C(/C)I)NC(=O)OC(C)(C)C. The van der Waals surface area contributed by atoms with E-state index in [1.54, 1.807) is 26.8 Å². The second kappa shape index (κ2) is 6.67. The first kappa shape index (κ1) is 15.2. The molecule has 4 nitrogen and oxygen atoms in total. The standard InChI is InChI=1S/C11H17IN2O2/c1-8(12)6-7-9(13-5)14-10(15)16-11(2,3)4/h6-7H,5H2,1-4H3,(H,14,15)/b8-6+,9-7+. The summed E-state index contributed by atoms with van der Waals surface area (Å²) in [5.41, 5.74) is -0.522. The molecule has 0 spiro atoms. The van der Waals surface area contributed by atoms with Crippen molar-refractivity contribution in [2.24, 2.45) is 4.99 Å². The molecule has 0 aliphatic rings. The van der Waals surface area contributed by atoms with E-state index in [4.69, 9.17) is 4.74 Å². The minimum absolute atomic E-state index is 0.366. The lowest BCUT2D eigenvalue weighted by molar-refractivity contribution is 0.0545. The molecule has 0 bridgehead atoms. The van der Waals surface area contributed by atoms with E-state index in [2.05, 4.69) is 39.6 Å². The van der Waals surface area contributed by atoms with Gasteiger partial charge in [-0.25, -0.2) is 9.79 Å². The summed E-state index contributed by atoms with van der Waals surface area (Å²) in [4.78, 5) is 15.1. The van der Waals surface area contributed by atoms with Crippen LogP contribution in [0.1, 0.15) is 27.7 Å². The van der Waals surface area contributed by atoms with Gasteiger partial charge < -0.3 is 4.74 Å². The van der Waals surface area contributed by atoms with Crippen molar-refractivity contribution < 1.29 is 9.53 Å². The zero-order valence-electron chi connectivity index (χ0n) is 10.0. The molecule has 0 aromatic rings. The lowest BCUT2D eigenvalue weighted by atomic mass is 10.2. The Hall–Kier alpha value is -0.850. The molecule has 16 heavy (non-hydrogen) atoms. The molecule has 0 saturated carbocycles. The second-order valence-electron chi connectivity index (χ2n) is 4.09. The Labute approximate surface area is 110 Å². The number of hydrogen-bond donors (Lipinski definition) is 1. The molecule has 0 aromatic heterocycles. The number of amides is 1. The second-order valence-corrected chi connectivity index (χ2v) is 5.79. The van der Waals surface area contributed by atoms with Crippen molar-refractivity contribution in [3.8, 4) is 0 Å². The molecular formula is C11H17IN2O2. The molecule has 0 heterocycles. The van der Waals surface area contributed by atoms with Gasteiger partial charge in [0.05, 0.1) is 0 Å². The van der Waals surface area contributed by atoms with Gasteiger partial charge in [0.1, 0.15) is 11.4 Å². The molecule has 0 aliphatic carbocycles. The molecule has 0 atom stereocenters. The predicted molar refractivity (Wildman–Crippen MR) is 74.8 cm³/mol. The molecule has 0 unspecified atom stereocenters. The van der Waals surface area contributed by atoms with E-state index in [1.807, 2.05) is 13.0 Å². The van der Waals surface area contributed by atoms with Crippen molar-refractivity contribution >= 4 is 35.4 Å². The summed E-state index contributed by atoms with van der Waals surface area (Å²) in [6.45, 7) is 10.7. The highest BCUT2D eigenvalue weighted by atomic mass is 127. The van der Waals surface area contributed by atoms with Crippen LogP contribution in [0.25, 0.3) is 0 Å². The van der Waals surface area contributed by atoms with Crippen LogP contribution in [0, 0.1) is 0 Å². The highest BCUT2D eigenvalue weighted by molar-refractivity contribution is 14.1. The van der Waals surface area contributed by atoms with Crippen molar-refractivity contribution in [2.45, 2.75) is 33.3 Å². The number of hydrogen-bond acceptors (Lipinski definition) is 3. The Morgan fingerprint density at radius 3 is 2.38 bits per heavy atom. The highest BCUT2D eigenvalue weighted by Gasteiger charge is 2.16. The van der Waals surface area contributed by atoms with E-state index in [0.717, 1.165) is 3.58 Å². The predicted octanol–water partition coefficient (Wildman–Crippen LogP) is 3.39. The molecule has 5 heteroatoms. The van der Waals surface area contributed by atoms with Gasteiger partial charge >= 0.3 is 6.09 Å². The topological polar surface area (TPSA) is 50.7 Å². The largest absolute Gasteiger partial charge is 0.444 e.